The zero-order chi connectivity index (χ0) is 20.2. The zero-order valence-corrected chi connectivity index (χ0v) is 16.1. The van der Waals surface area contributed by atoms with Crippen LogP contribution in [0.4, 0.5) is 11.5 Å². The van der Waals surface area contributed by atoms with E-state index in [1.54, 1.807) is 38.3 Å². The zero-order valence-electron chi connectivity index (χ0n) is 16.1. The van der Waals surface area contributed by atoms with Gasteiger partial charge in [0.25, 0.3) is 5.91 Å². The number of hydrogen-bond donors (Lipinski definition) is 2. The fraction of sp³-hybridized carbons (Fsp3) is 0.190. The summed E-state index contributed by atoms with van der Waals surface area (Å²) in [5.74, 6) is 2.75. The molecule has 148 valence electrons. The van der Waals surface area contributed by atoms with E-state index >= 15 is 0 Å². The van der Waals surface area contributed by atoms with Crippen molar-refractivity contribution in [3.8, 4) is 17.2 Å². The summed E-state index contributed by atoms with van der Waals surface area (Å²) in [4.78, 5) is 21.3. The van der Waals surface area contributed by atoms with Crippen molar-refractivity contribution in [2.24, 2.45) is 0 Å². The number of hydrogen-bond acceptors (Lipinski definition) is 7. The highest BCUT2D eigenvalue weighted by Crippen LogP contribution is 2.34. The molecule has 0 aliphatic carbocycles. The van der Waals surface area contributed by atoms with Crippen molar-refractivity contribution in [2.75, 3.05) is 24.5 Å². The Labute approximate surface area is 167 Å². The summed E-state index contributed by atoms with van der Waals surface area (Å²) >= 11 is 0. The molecule has 1 aliphatic heterocycles. The summed E-state index contributed by atoms with van der Waals surface area (Å²) in [6.07, 6.45) is 0. The number of nitrogens with one attached hydrogen (secondary N) is 2. The van der Waals surface area contributed by atoms with E-state index in [1.165, 1.54) is 0 Å². The van der Waals surface area contributed by atoms with Crippen molar-refractivity contribution in [3.63, 3.8) is 0 Å². The van der Waals surface area contributed by atoms with E-state index in [1.807, 2.05) is 24.3 Å². The average Bonchev–Trinajstić information content (AvgIpc) is 3.20. The van der Waals surface area contributed by atoms with E-state index in [2.05, 4.69) is 20.6 Å². The Bertz CT molecular complexity index is 1050. The number of fused-ring (bicyclic) bond motifs is 1. The number of anilines is 2. The highest BCUT2D eigenvalue weighted by Gasteiger charge is 2.16. The van der Waals surface area contributed by atoms with Gasteiger partial charge in [-0.05, 0) is 25.1 Å². The number of amides is 1. The van der Waals surface area contributed by atoms with Gasteiger partial charge in [-0.15, -0.1) is 0 Å². The summed E-state index contributed by atoms with van der Waals surface area (Å²) in [5, 5.41) is 6.04. The monoisotopic (exact) mass is 392 g/mol. The molecule has 8 heteroatoms. The van der Waals surface area contributed by atoms with E-state index in [-0.39, 0.29) is 18.4 Å². The molecule has 3 aromatic rings. The van der Waals surface area contributed by atoms with Crippen LogP contribution in [0.2, 0.25) is 0 Å². The summed E-state index contributed by atoms with van der Waals surface area (Å²) in [5.41, 5.74) is 1.84. The first-order chi connectivity index (χ1) is 14.1. The minimum Gasteiger partial charge on any atom is -0.496 e. The maximum atomic E-state index is 12.7. The number of methoxy groups -OCH3 is 1. The molecule has 0 saturated heterocycles. The summed E-state index contributed by atoms with van der Waals surface area (Å²) < 4.78 is 16.0. The Morgan fingerprint density at radius 1 is 1.10 bits per heavy atom. The predicted octanol–water partition coefficient (Wildman–Crippen LogP) is 3.39. The fourth-order valence-electron chi connectivity index (χ4n) is 2.98. The van der Waals surface area contributed by atoms with Crippen LogP contribution in [0.25, 0.3) is 0 Å². The maximum absolute atomic E-state index is 12.7. The number of benzene rings is 2. The van der Waals surface area contributed by atoms with E-state index in [4.69, 9.17) is 14.2 Å². The van der Waals surface area contributed by atoms with Crippen LogP contribution in [-0.4, -0.2) is 29.8 Å². The first-order valence-electron chi connectivity index (χ1n) is 9.05. The number of aryl methyl sites for hydroxylation is 1. The van der Waals surface area contributed by atoms with Crippen molar-refractivity contribution in [1.82, 2.24) is 9.97 Å². The van der Waals surface area contributed by atoms with Crippen LogP contribution in [0, 0.1) is 6.92 Å². The van der Waals surface area contributed by atoms with Gasteiger partial charge in [0.2, 0.25) is 6.79 Å². The molecule has 29 heavy (non-hydrogen) atoms. The third-order valence-corrected chi connectivity index (χ3v) is 4.35. The molecule has 2 aromatic carbocycles. The van der Waals surface area contributed by atoms with Crippen LogP contribution >= 0.6 is 0 Å². The van der Waals surface area contributed by atoms with E-state index in [0.717, 1.165) is 11.3 Å². The third kappa shape index (κ3) is 4.21. The fourth-order valence-corrected chi connectivity index (χ4v) is 2.98. The first-order valence-corrected chi connectivity index (χ1v) is 9.05. The second kappa shape index (κ2) is 8.05. The molecule has 0 fully saturated rings. The molecular formula is C21H20N4O4. The highest BCUT2D eigenvalue weighted by molar-refractivity contribution is 6.03. The lowest BCUT2D eigenvalue weighted by Gasteiger charge is -2.11. The molecule has 0 unspecified atom stereocenters. The second-order valence-electron chi connectivity index (χ2n) is 6.37. The van der Waals surface area contributed by atoms with Crippen LogP contribution < -0.4 is 24.8 Å². The number of rotatable bonds is 6. The molecule has 0 radical (unpaired) electrons. The largest absolute Gasteiger partial charge is 0.496 e. The van der Waals surface area contributed by atoms with Gasteiger partial charge in [0, 0.05) is 29.9 Å². The number of para-hydroxylation sites is 1. The molecule has 0 atom stereocenters. The van der Waals surface area contributed by atoms with Gasteiger partial charge in [-0.25, -0.2) is 9.97 Å². The molecule has 1 aromatic heterocycles. The quantitative estimate of drug-likeness (QED) is 0.664. The first kappa shape index (κ1) is 18.5. The van der Waals surface area contributed by atoms with Crippen LogP contribution in [0.15, 0.2) is 48.5 Å². The Morgan fingerprint density at radius 2 is 1.93 bits per heavy atom. The Hall–Kier alpha value is -3.81. The van der Waals surface area contributed by atoms with Crippen LogP contribution in [0.5, 0.6) is 17.2 Å². The van der Waals surface area contributed by atoms with Crippen molar-refractivity contribution in [2.45, 2.75) is 13.5 Å². The molecule has 4 rings (SSSR count). The Morgan fingerprint density at radius 3 is 2.79 bits per heavy atom. The van der Waals surface area contributed by atoms with Gasteiger partial charge in [-0.1, -0.05) is 18.2 Å². The molecule has 0 bridgehead atoms. The lowest BCUT2D eigenvalue weighted by atomic mass is 10.2. The smallest absolute Gasteiger partial charge is 0.274 e. The summed E-state index contributed by atoms with van der Waals surface area (Å²) in [6, 6.07) is 14.5. The van der Waals surface area contributed by atoms with Gasteiger partial charge >= 0.3 is 0 Å². The highest BCUT2D eigenvalue weighted by atomic mass is 16.7. The second-order valence-corrected chi connectivity index (χ2v) is 6.37. The number of aromatic nitrogens is 2. The molecule has 0 saturated carbocycles. The lowest BCUT2D eigenvalue weighted by Crippen LogP contribution is -2.16. The molecular weight excluding hydrogens is 372 g/mol. The van der Waals surface area contributed by atoms with Gasteiger partial charge < -0.3 is 24.8 Å². The van der Waals surface area contributed by atoms with Crippen LogP contribution in [0.3, 0.4) is 0 Å². The lowest BCUT2D eigenvalue weighted by molar-refractivity contribution is 0.102. The number of carbonyl (C=O) groups excluding carboxylic acids is 1. The molecule has 8 nitrogen and oxygen atoms in total. The van der Waals surface area contributed by atoms with Gasteiger partial charge in [0.15, 0.2) is 11.5 Å². The van der Waals surface area contributed by atoms with Gasteiger partial charge in [-0.2, -0.15) is 0 Å². The summed E-state index contributed by atoms with van der Waals surface area (Å²) in [6.45, 7) is 2.42. The molecule has 1 aliphatic rings. The van der Waals surface area contributed by atoms with Gasteiger partial charge in [0.1, 0.15) is 23.1 Å². The summed E-state index contributed by atoms with van der Waals surface area (Å²) in [7, 11) is 1.63. The van der Waals surface area contributed by atoms with Crippen molar-refractivity contribution in [1.29, 1.82) is 0 Å². The third-order valence-electron chi connectivity index (χ3n) is 4.35. The Balaban J connectivity index is 1.48. The Kier molecular flexibility index (Phi) is 5.15. The van der Waals surface area contributed by atoms with E-state index in [0.29, 0.717) is 35.4 Å². The molecule has 0 spiro atoms. The SMILES string of the molecule is COc1ccccc1CNc1cc(C(=O)Nc2ccc3c(c2)OCO3)nc(C)n1. The number of ether oxygens (including phenoxy) is 3. The minimum absolute atomic E-state index is 0.180. The van der Waals surface area contributed by atoms with Crippen molar-refractivity contribution in [3.05, 3.63) is 65.6 Å². The topological polar surface area (TPSA) is 94.6 Å². The average molecular weight is 392 g/mol. The van der Waals surface area contributed by atoms with E-state index < -0.39 is 0 Å². The van der Waals surface area contributed by atoms with Gasteiger partial charge in [0.05, 0.1) is 7.11 Å². The minimum atomic E-state index is -0.338. The van der Waals surface area contributed by atoms with Crippen LogP contribution in [-0.2, 0) is 6.54 Å². The molecule has 2 N–H and O–H groups in total. The molecule has 2 heterocycles. The van der Waals surface area contributed by atoms with Crippen LogP contribution in [0.1, 0.15) is 21.9 Å². The molecule has 1 amide bonds. The van der Waals surface area contributed by atoms with Crippen molar-refractivity contribution >= 4 is 17.4 Å². The standard InChI is InChI=1S/C21H20N4O4/c1-13-23-16(21(26)25-15-7-8-18-19(9-15)29-12-28-18)10-20(24-13)22-11-14-5-3-4-6-17(14)27-2/h3-10H,11-12H2,1-2H3,(H,25,26)(H,22,23,24). The number of nitrogens with zero attached hydrogens (tertiary/aromatic N) is 2. The van der Waals surface area contributed by atoms with Gasteiger partial charge in [-0.3, -0.25) is 4.79 Å². The maximum Gasteiger partial charge on any atom is 0.274 e. The number of carbonyl (C=O) groups is 1. The van der Waals surface area contributed by atoms with E-state index in [9.17, 15) is 4.79 Å². The predicted molar refractivity (Wildman–Crippen MR) is 108 cm³/mol. The van der Waals surface area contributed by atoms with Crippen molar-refractivity contribution < 1.29 is 19.0 Å². The normalized spacial score (nSPS) is 11.8.